The Morgan fingerprint density at radius 2 is 1.79 bits per heavy atom. The van der Waals surface area contributed by atoms with Crippen molar-refractivity contribution in [3.8, 4) is 11.5 Å². The third-order valence-corrected chi connectivity index (χ3v) is 6.84. The minimum absolute atomic E-state index is 0.0601. The summed E-state index contributed by atoms with van der Waals surface area (Å²) in [6.07, 6.45) is 0.134. The summed E-state index contributed by atoms with van der Waals surface area (Å²) in [5.41, 5.74) is 2.74. The second kappa shape index (κ2) is 11.1. The number of halogens is 1. The van der Waals surface area contributed by atoms with Crippen molar-refractivity contribution in [3.05, 3.63) is 87.9 Å². The van der Waals surface area contributed by atoms with Crippen LogP contribution in [0.4, 0.5) is 5.69 Å². The van der Waals surface area contributed by atoms with Gasteiger partial charge in [-0.05, 0) is 79.4 Å². The Hall–Kier alpha value is -3.55. The zero-order chi connectivity index (χ0) is 27.6. The Bertz CT molecular complexity index is 1320. The van der Waals surface area contributed by atoms with Crippen molar-refractivity contribution in [3.63, 3.8) is 0 Å². The van der Waals surface area contributed by atoms with Gasteiger partial charge in [0, 0.05) is 17.6 Å². The van der Waals surface area contributed by atoms with Crippen LogP contribution in [0.15, 0.2) is 60.7 Å². The number of hydrogen-bond donors (Lipinski definition) is 2. The number of nitrogens with one attached hydrogen (secondary N) is 1. The van der Waals surface area contributed by atoms with Crippen molar-refractivity contribution >= 4 is 29.1 Å². The van der Waals surface area contributed by atoms with Crippen LogP contribution in [-0.2, 0) is 21.6 Å². The van der Waals surface area contributed by atoms with Crippen molar-refractivity contribution in [2.24, 2.45) is 0 Å². The number of nitrogens with zero attached hydrogens (tertiary/aromatic N) is 1. The van der Waals surface area contributed by atoms with E-state index in [9.17, 15) is 14.7 Å². The molecule has 0 radical (unpaired) electrons. The van der Waals surface area contributed by atoms with Crippen LogP contribution in [0.2, 0.25) is 5.02 Å². The summed E-state index contributed by atoms with van der Waals surface area (Å²) in [5.74, 6) is 0.899. The normalized spacial score (nSPS) is 16.6. The van der Waals surface area contributed by atoms with E-state index in [0.717, 1.165) is 16.7 Å². The lowest BCUT2D eigenvalue weighted by atomic mass is 9.86. The lowest BCUT2D eigenvalue weighted by molar-refractivity contribution is -0.120. The van der Waals surface area contributed by atoms with Crippen molar-refractivity contribution in [2.75, 3.05) is 18.6 Å². The molecule has 200 valence electrons. The maximum absolute atomic E-state index is 13.7. The van der Waals surface area contributed by atoms with Crippen LogP contribution >= 0.6 is 11.6 Å². The second-order valence-corrected chi connectivity index (χ2v) is 10.4. The Morgan fingerprint density at radius 3 is 2.37 bits per heavy atom. The largest absolute Gasteiger partial charge is 0.493 e. The lowest BCUT2D eigenvalue weighted by Crippen LogP contribution is -2.41. The quantitative estimate of drug-likeness (QED) is 0.415. The number of hydrogen-bond acceptors (Lipinski definition) is 5. The minimum atomic E-state index is -1.27. The smallest absolute Gasteiger partial charge is 0.232 e. The van der Waals surface area contributed by atoms with Gasteiger partial charge in [0.15, 0.2) is 11.5 Å². The molecule has 1 heterocycles. The van der Waals surface area contributed by atoms with Gasteiger partial charge in [-0.1, -0.05) is 35.9 Å². The third-order valence-electron chi connectivity index (χ3n) is 6.59. The van der Waals surface area contributed by atoms with Gasteiger partial charge >= 0.3 is 0 Å². The zero-order valence-electron chi connectivity index (χ0n) is 22.2. The van der Waals surface area contributed by atoms with E-state index in [1.165, 1.54) is 6.92 Å². The van der Waals surface area contributed by atoms with E-state index in [2.05, 4.69) is 5.32 Å². The topological polar surface area (TPSA) is 88.1 Å². The first-order valence-electron chi connectivity index (χ1n) is 12.5. The molecule has 38 heavy (non-hydrogen) atoms. The van der Waals surface area contributed by atoms with Crippen molar-refractivity contribution < 1.29 is 24.2 Å². The molecule has 2 unspecified atom stereocenters. The van der Waals surface area contributed by atoms with Crippen LogP contribution < -0.4 is 19.7 Å². The van der Waals surface area contributed by atoms with Crippen LogP contribution in [0.3, 0.4) is 0 Å². The maximum Gasteiger partial charge on any atom is 0.232 e. The Balaban J connectivity index is 1.81. The molecule has 0 saturated carbocycles. The average molecular weight is 537 g/mol. The number of methoxy groups -OCH3 is 1. The van der Waals surface area contributed by atoms with Gasteiger partial charge < -0.3 is 24.8 Å². The highest BCUT2D eigenvalue weighted by molar-refractivity contribution is 6.30. The molecule has 3 aromatic rings. The van der Waals surface area contributed by atoms with E-state index in [1.807, 2.05) is 62.4 Å². The predicted octanol–water partition coefficient (Wildman–Crippen LogP) is 5.16. The highest BCUT2D eigenvalue weighted by atomic mass is 35.5. The van der Waals surface area contributed by atoms with Gasteiger partial charge in [-0.15, -0.1) is 0 Å². The number of anilines is 1. The number of benzene rings is 3. The van der Waals surface area contributed by atoms with Crippen LogP contribution in [0.5, 0.6) is 11.5 Å². The first kappa shape index (κ1) is 27.5. The van der Waals surface area contributed by atoms with E-state index in [1.54, 1.807) is 31.1 Å². The van der Waals surface area contributed by atoms with E-state index in [0.29, 0.717) is 27.8 Å². The minimum Gasteiger partial charge on any atom is -0.493 e. The maximum atomic E-state index is 13.7. The van der Waals surface area contributed by atoms with Gasteiger partial charge in [0.2, 0.25) is 11.8 Å². The molecule has 2 atom stereocenters. The molecule has 2 amide bonds. The summed E-state index contributed by atoms with van der Waals surface area (Å²) in [5, 5.41) is 14.2. The Morgan fingerprint density at radius 1 is 1.13 bits per heavy atom. The van der Waals surface area contributed by atoms with Gasteiger partial charge in [0.1, 0.15) is 5.60 Å². The first-order chi connectivity index (χ1) is 18.0. The molecule has 0 bridgehead atoms. The van der Waals surface area contributed by atoms with Gasteiger partial charge in [-0.2, -0.15) is 0 Å². The summed E-state index contributed by atoms with van der Waals surface area (Å²) in [7, 11) is 1.59. The van der Waals surface area contributed by atoms with E-state index < -0.39 is 11.6 Å². The molecule has 1 aliphatic rings. The SMILES string of the molecule is COc1cc2c(cc1OC(C)C)C(c1ccc(Cl)cc1)N(c1ccc(C(C)(O)CNC(C)=O)cc1)C(=O)C2. The number of carbonyl (C=O) groups is 2. The number of aliphatic hydroxyl groups is 1. The molecule has 0 saturated heterocycles. The van der Waals surface area contributed by atoms with Crippen molar-refractivity contribution in [1.82, 2.24) is 5.32 Å². The van der Waals surface area contributed by atoms with Gasteiger partial charge in [-0.25, -0.2) is 0 Å². The monoisotopic (exact) mass is 536 g/mol. The third kappa shape index (κ3) is 5.79. The number of rotatable bonds is 8. The molecule has 0 fully saturated rings. The Labute approximate surface area is 228 Å². The molecule has 0 aromatic heterocycles. The molecule has 8 heteroatoms. The van der Waals surface area contributed by atoms with Crippen LogP contribution in [0.1, 0.15) is 56.0 Å². The van der Waals surface area contributed by atoms with E-state index in [4.69, 9.17) is 21.1 Å². The van der Waals surface area contributed by atoms with Crippen LogP contribution in [0.25, 0.3) is 0 Å². The lowest BCUT2D eigenvalue weighted by Gasteiger charge is -2.38. The second-order valence-electron chi connectivity index (χ2n) is 9.99. The molecule has 0 aliphatic carbocycles. The fourth-order valence-corrected chi connectivity index (χ4v) is 4.83. The Kier molecular flexibility index (Phi) is 7.99. The summed E-state index contributed by atoms with van der Waals surface area (Å²) in [6.45, 7) is 7.02. The molecule has 4 rings (SSSR count). The summed E-state index contributed by atoms with van der Waals surface area (Å²) in [6, 6.07) is 18.1. The van der Waals surface area contributed by atoms with Crippen molar-refractivity contribution in [1.29, 1.82) is 0 Å². The molecule has 7 nitrogen and oxygen atoms in total. The van der Waals surface area contributed by atoms with E-state index in [-0.39, 0.29) is 30.9 Å². The molecule has 2 N–H and O–H groups in total. The number of ether oxygens (including phenoxy) is 2. The average Bonchev–Trinajstić information content (AvgIpc) is 2.87. The number of amides is 2. The molecule has 3 aromatic carbocycles. The molecule has 1 aliphatic heterocycles. The van der Waals surface area contributed by atoms with Gasteiger partial charge in [0.25, 0.3) is 0 Å². The summed E-state index contributed by atoms with van der Waals surface area (Å²) in [4.78, 5) is 26.8. The predicted molar refractivity (Wildman–Crippen MR) is 148 cm³/mol. The zero-order valence-corrected chi connectivity index (χ0v) is 23.0. The fourth-order valence-electron chi connectivity index (χ4n) is 4.71. The standard InChI is InChI=1S/C30H33ClN2O5/c1-18(2)38-27-16-25-21(14-26(27)37-5)15-28(35)33(29(25)20-6-10-23(31)11-7-20)24-12-8-22(9-13-24)30(4,36)17-32-19(3)34/h6-14,16,18,29,36H,15,17H2,1-5H3,(H,32,34). The van der Waals surface area contributed by atoms with E-state index >= 15 is 0 Å². The highest BCUT2D eigenvalue weighted by Crippen LogP contribution is 2.44. The summed E-state index contributed by atoms with van der Waals surface area (Å²) < 4.78 is 11.6. The van der Waals surface area contributed by atoms with Crippen LogP contribution in [-0.4, -0.2) is 36.7 Å². The summed E-state index contributed by atoms with van der Waals surface area (Å²) >= 11 is 6.19. The molecular formula is C30H33ClN2O5. The van der Waals surface area contributed by atoms with Gasteiger partial charge in [-0.3, -0.25) is 9.59 Å². The number of carbonyl (C=O) groups excluding carboxylic acids is 2. The van der Waals surface area contributed by atoms with Gasteiger partial charge in [0.05, 0.1) is 32.2 Å². The fraction of sp³-hybridized carbons (Fsp3) is 0.333. The van der Waals surface area contributed by atoms with Crippen molar-refractivity contribution in [2.45, 2.75) is 51.9 Å². The number of fused-ring (bicyclic) bond motifs is 1. The molecular weight excluding hydrogens is 504 g/mol. The first-order valence-corrected chi connectivity index (χ1v) is 12.9. The molecule has 0 spiro atoms. The van der Waals surface area contributed by atoms with Crippen LogP contribution in [0, 0.1) is 0 Å². The highest BCUT2D eigenvalue weighted by Gasteiger charge is 2.36.